The number of fused-ring (bicyclic) bond motifs is 1. The predicted molar refractivity (Wildman–Crippen MR) is 110 cm³/mol. The highest BCUT2D eigenvalue weighted by molar-refractivity contribution is 6.31. The lowest BCUT2D eigenvalue weighted by Crippen LogP contribution is -2.19. The minimum atomic E-state index is -0.534. The van der Waals surface area contributed by atoms with Gasteiger partial charge < -0.3 is 20.1 Å². The van der Waals surface area contributed by atoms with E-state index in [1.54, 1.807) is 25.3 Å². The largest absolute Gasteiger partial charge is 0.493 e. The second-order valence-electron chi connectivity index (χ2n) is 6.20. The molecule has 1 aliphatic rings. The molecular formula is C19H19Cl2FN4O2. The fourth-order valence-corrected chi connectivity index (χ4v) is 3.23. The number of rotatable bonds is 5. The SMILES string of the molecule is COc1cc2ncnc(Nc3cccc(Cl)c3F)c2cc1O[C@@H]1CCNC1.Cl. The van der Waals surface area contributed by atoms with Crippen molar-refractivity contribution in [2.24, 2.45) is 0 Å². The number of hydrogen-bond donors (Lipinski definition) is 2. The monoisotopic (exact) mass is 424 g/mol. The summed E-state index contributed by atoms with van der Waals surface area (Å²) < 4.78 is 25.8. The summed E-state index contributed by atoms with van der Waals surface area (Å²) >= 11 is 5.87. The summed E-state index contributed by atoms with van der Waals surface area (Å²) in [5.74, 6) is 1.11. The van der Waals surface area contributed by atoms with Crippen molar-refractivity contribution in [1.29, 1.82) is 0 Å². The zero-order valence-electron chi connectivity index (χ0n) is 15.0. The molecule has 6 nitrogen and oxygen atoms in total. The second kappa shape index (κ2) is 8.77. The van der Waals surface area contributed by atoms with Crippen LogP contribution in [0.25, 0.3) is 10.9 Å². The Kier molecular flexibility index (Phi) is 6.39. The Bertz CT molecular complexity index is 984. The van der Waals surface area contributed by atoms with Gasteiger partial charge in [0.25, 0.3) is 0 Å². The Hall–Kier alpha value is -2.35. The van der Waals surface area contributed by atoms with E-state index in [1.165, 1.54) is 12.4 Å². The van der Waals surface area contributed by atoms with Crippen molar-refractivity contribution >= 4 is 46.4 Å². The maximum absolute atomic E-state index is 14.3. The molecule has 0 amide bonds. The van der Waals surface area contributed by atoms with E-state index in [9.17, 15) is 4.39 Å². The van der Waals surface area contributed by atoms with Gasteiger partial charge in [-0.1, -0.05) is 17.7 Å². The van der Waals surface area contributed by atoms with E-state index in [-0.39, 0.29) is 29.2 Å². The normalized spacial score (nSPS) is 15.9. The number of anilines is 2. The first-order valence-electron chi connectivity index (χ1n) is 8.57. The summed E-state index contributed by atoms with van der Waals surface area (Å²) in [4.78, 5) is 8.55. The number of nitrogens with one attached hydrogen (secondary N) is 2. The van der Waals surface area contributed by atoms with Crippen LogP contribution in [0.15, 0.2) is 36.7 Å². The Balaban J connectivity index is 0.00000225. The van der Waals surface area contributed by atoms with Gasteiger partial charge in [-0.3, -0.25) is 0 Å². The summed E-state index contributed by atoms with van der Waals surface area (Å²) in [6, 6.07) is 8.36. The van der Waals surface area contributed by atoms with Crippen LogP contribution in [0.4, 0.5) is 15.9 Å². The van der Waals surface area contributed by atoms with Crippen LogP contribution in [-0.4, -0.2) is 36.3 Å². The zero-order chi connectivity index (χ0) is 18.8. The van der Waals surface area contributed by atoms with Crippen LogP contribution in [0.5, 0.6) is 11.5 Å². The molecule has 0 radical (unpaired) electrons. The first kappa shape index (κ1) is 20.4. The molecule has 148 valence electrons. The van der Waals surface area contributed by atoms with E-state index >= 15 is 0 Å². The molecule has 1 aliphatic heterocycles. The van der Waals surface area contributed by atoms with Crippen molar-refractivity contribution in [3.8, 4) is 11.5 Å². The molecule has 0 saturated carbocycles. The van der Waals surface area contributed by atoms with Gasteiger partial charge in [0.15, 0.2) is 17.3 Å². The summed E-state index contributed by atoms with van der Waals surface area (Å²) in [5, 5.41) is 6.99. The molecule has 9 heteroatoms. The van der Waals surface area contributed by atoms with Gasteiger partial charge in [-0.05, 0) is 31.2 Å². The van der Waals surface area contributed by atoms with E-state index < -0.39 is 5.82 Å². The van der Waals surface area contributed by atoms with Crippen molar-refractivity contribution in [2.45, 2.75) is 12.5 Å². The molecule has 4 rings (SSSR count). The number of aromatic nitrogens is 2. The van der Waals surface area contributed by atoms with E-state index in [2.05, 4.69) is 20.6 Å². The van der Waals surface area contributed by atoms with Crippen molar-refractivity contribution in [1.82, 2.24) is 15.3 Å². The summed E-state index contributed by atoms with van der Waals surface area (Å²) in [6.07, 6.45) is 2.40. The third-order valence-corrected chi connectivity index (χ3v) is 4.73. The molecule has 2 aromatic carbocycles. The van der Waals surface area contributed by atoms with Crippen LogP contribution in [0.3, 0.4) is 0 Å². The van der Waals surface area contributed by atoms with Crippen LogP contribution >= 0.6 is 24.0 Å². The van der Waals surface area contributed by atoms with Crippen LogP contribution in [0.2, 0.25) is 5.02 Å². The van der Waals surface area contributed by atoms with E-state index in [0.29, 0.717) is 28.2 Å². The molecule has 0 bridgehead atoms. The molecule has 2 heterocycles. The fraction of sp³-hybridized carbons (Fsp3) is 0.263. The fourth-order valence-electron chi connectivity index (χ4n) is 3.05. The molecule has 1 saturated heterocycles. The molecule has 1 atom stereocenters. The van der Waals surface area contributed by atoms with E-state index in [4.69, 9.17) is 21.1 Å². The quantitative estimate of drug-likeness (QED) is 0.634. The third kappa shape index (κ3) is 4.06. The topological polar surface area (TPSA) is 68.3 Å². The third-order valence-electron chi connectivity index (χ3n) is 4.43. The predicted octanol–water partition coefficient (Wildman–Crippen LogP) is 4.34. The lowest BCUT2D eigenvalue weighted by atomic mass is 10.2. The van der Waals surface area contributed by atoms with Gasteiger partial charge in [0, 0.05) is 18.0 Å². The number of hydrogen-bond acceptors (Lipinski definition) is 6. The van der Waals surface area contributed by atoms with Crippen molar-refractivity contribution in [2.75, 3.05) is 25.5 Å². The Labute approximate surface area is 172 Å². The van der Waals surface area contributed by atoms with Crippen LogP contribution < -0.4 is 20.1 Å². The second-order valence-corrected chi connectivity index (χ2v) is 6.61. The first-order chi connectivity index (χ1) is 13.2. The Morgan fingerprint density at radius 1 is 1.25 bits per heavy atom. The summed E-state index contributed by atoms with van der Waals surface area (Å²) in [6.45, 7) is 1.70. The standard InChI is InChI=1S/C19H18ClFN4O2.ClH/c1-26-16-8-15-12(7-17(16)27-11-5-6-22-9-11)19(24-10-23-15)25-14-4-2-3-13(20)18(14)21;/h2-4,7-8,10-11,22H,5-6,9H2,1H3,(H,23,24,25);1H/t11-;/m1./s1. The van der Waals surface area contributed by atoms with Gasteiger partial charge in [-0.25, -0.2) is 14.4 Å². The summed E-state index contributed by atoms with van der Waals surface area (Å²) in [7, 11) is 1.59. The number of ether oxygens (including phenoxy) is 2. The average Bonchev–Trinajstić information content (AvgIpc) is 3.18. The van der Waals surface area contributed by atoms with Crippen LogP contribution in [0.1, 0.15) is 6.42 Å². The van der Waals surface area contributed by atoms with Crippen LogP contribution in [-0.2, 0) is 0 Å². The molecule has 0 spiro atoms. The lowest BCUT2D eigenvalue weighted by molar-refractivity contribution is 0.213. The highest BCUT2D eigenvalue weighted by Crippen LogP contribution is 2.36. The maximum Gasteiger partial charge on any atom is 0.165 e. The van der Waals surface area contributed by atoms with Gasteiger partial charge in [-0.2, -0.15) is 0 Å². The smallest absolute Gasteiger partial charge is 0.165 e. The molecule has 0 unspecified atom stereocenters. The van der Waals surface area contributed by atoms with Gasteiger partial charge in [0.1, 0.15) is 18.2 Å². The van der Waals surface area contributed by atoms with E-state index in [1.807, 2.05) is 6.07 Å². The van der Waals surface area contributed by atoms with Crippen molar-refractivity contribution in [3.63, 3.8) is 0 Å². The summed E-state index contributed by atoms with van der Waals surface area (Å²) in [5.41, 5.74) is 0.893. The van der Waals surface area contributed by atoms with Crippen molar-refractivity contribution in [3.05, 3.63) is 47.5 Å². The highest BCUT2D eigenvalue weighted by atomic mass is 35.5. The molecule has 28 heavy (non-hydrogen) atoms. The van der Waals surface area contributed by atoms with Gasteiger partial charge in [0.2, 0.25) is 0 Å². The van der Waals surface area contributed by atoms with Gasteiger partial charge in [0.05, 0.1) is 23.3 Å². The zero-order valence-corrected chi connectivity index (χ0v) is 16.6. The lowest BCUT2D eigenvalue weighted by Gasteiger charge is -2.17. The Morgan fingerprint density at radius 3 is 2.86 bits per heavy atom. The molecule has 1 fully saturated rings. The molecular weight excluding hydrogens is 406 g/mol. The number of halogens is 3. The van der Waals surface area contributed by atoms with Crippen LogP contribution in [0, 0.1) is 5.82 Å². The molecule has 2 N–H and O–H groups in total. The number of benzene rings is 2. The molecule has 0 aliphatic carbocycles. The number of methoxy groups -OCH3 is 1. The van der Waals surface area contributed by atoms with E-state index in [0.717, 1.165) is 19.5 Å². The molecule has 1 aromatic heterocycles. The average molecular weight is 425 g/mol. The first-order valence-corrected chi connectivity index (χ1v) is 8.94. The van der Waals surface area contributed by atoms with Gasteiger partial charge in [-0.15, -0.1) is 12.4 Å². The maximum atomic E-state index is 14.3. The minimum absolute atomic E-state index is 0. The van der Waals surface area contributed by atoms with Gasteiger partial charge >= 0.3 is 0 Å². The minimum Gasteiger partial charge on any atom is -0.493 e. The number of nitrogens with zero attached hydrogens (tertiary/aromatic N) is 2. The van der Waals surface area contributed by atoms with Crippen molar-refractivity contribution < 1.29 is 13.9 Å². The molecule has 3 aromatic rings. The Morgan fingerprint density at radius 2 is 2.11 bits per heavy atom. The highest BCUT2D eigenvalue weighted by Gasteiger charge is 2.20.